The Kier molecular flexibility index (Phi) is 10.8. The molecule has 0 atom stereocenters. The van der Waals surface area contributed by atoms with Crippen molar-refractivity contribution in [1.29, 1.82) is 0 Å². The lowest BCUT2D eigenvalue weighted by atomic mass is 10.1. The number of carbonyl (C=O) groups is 3. The van der Waals surface area contributed by atoms with Gasteiger partial charge in [-0.15, -0.1) is 11.8 Å². The molecule has 0 unspecified atom stereocenters. The van der Waals surface area contributed by atoms with E-state index in [2.05, 4.69) is 31.9 Å². The van der Waals surface area contributed by atoms with E-state index in [1.54, 1.807) is 54.6 Å². The fourth-order valence-corrected chi connectivity index (χ4v) is 4.61. The van der Waals surface area contributed by atoms with Crippen LogP contribution in [0.3, 0.4) is 0 Å². The lowest BCUT2D eigenvalue weighted by molar-refractivity contribution is -0.114. The summed E-state index contributed by atoms with van der Waals surface area (Å²) in [5.74, 6) is -0.00786. The van der Waals surface area contributed by atoms with Crippen molar-refractivity contribution in [1.82, 2.24) is 5.32 Å². The van der Waals surface area contributed by atoms with Gasteiger partial charge in [-0.3, -0.25) is 14.4 Å². The molecule has 4 rings (SSSR count). The average Bonchev–Trinajstić information content (AvgIpc) is 2.99. The van der Waals surface area contributed by atoms with Gasteiger partial charge in [-0.25, -0.2) is 0 Å². The Hall–Kier alpha value is -4.34. The predicted molar refractivity (Wildman–Crippen MR) is 168 cm³/mol. The number of benzene rings is 4. The van der Waals surface area contributed by atoms with Gasteiger partial charge in [-0.1, -0.05) is 46.3 Å². The molecule has 0 aliphatic carbocycles. The minimum Gasteiger partial charge on any atom is -0.494 e. The largest absolute Gasteiger partial charge is 0.494 e. The van der Waals surface area contributed by atoms with Crippen LogP contribution >= 0.6 is 27.7 Å². The van der Waals surface area contributed by atoms with Gasteiger partial charge in [0.1, 0.15) is 11.4 Å². The molecular weight excluding hydrogens is 602 g/mol. The SMILES string of the molecule is CCOc1ccc(NC(=O)CSc2ccc(NC(=O)/C(=C/c3ccc(Br)cc3)NC(=O)c3ccccc3)cc2)cc1. The third kappa shape index (κ3) is 9.37. The van der Waals surface area contributed by atoms with Crippen molar-refractivity contribution in [3.63, 3.8) is 0 Å². The highest BCUT2D eigenvalue weighted by molar-refractivity contribution is 9.10. The van der Waals surface area contributed by atoms with Crippen LogP contribution in [-0.4, -0.2) is 30.1 Å². The van der Waals surface area contributed by atoms with E-state index < -0.39 is 5.91 Å². The van der Waals surface area contributed by atoms with Gasteiger partial charge in [-0.2, -0.15) is 0 Å². The van der Waals surface area contributed by atoms with Crippen LogP contribution in [-0.2, 0) is 9.59 Å². The maximum atomic E-state index is 13.2. The number of amides is 3. The highest BCUT2D eigenvalue weighted by atomic mass is 79.9. The van der Waals surface area contributed by atoms with Crippen molar-refractivity contribution < 1.29 is 19.1 Å². The van der Waals surface area contributed by atoms with E-state index in [0.29, 0.717) is 23.5 Å². The third-order valence-corrected chi connectivity index (χ3v) is 7.18. The zero-order valence-corrected chi connectivity index (χ0v) is 24.6. The maximum Gasteiger partial charge on any atom is 0.272 e. The normalized spacial score (nSPS) is 10.9. The minimum atomic E-state index is -0.465. The Morgan fingerprint density at radius 2 is 1.44 bits per heavy atom. The van der Waals surface area contributed by atoms with Gasteiger partial charge < -0.3 is 20.7 Å². The van der Waals surface area contributed by atoms with E-state index in [9.17, 15) is 14.4 Å². The molecule has 0 aliphatic heterocycles. The molecule has 0 aromatic heterocycles. The Morgan fingerprint density at radius 1 is 0.805 bits per heavy atom. The summed E-state index contributed by atoms with van der Waals surface area (Å²) in [5.41, 5.74) is 2.54. The van der Waals surface area contributed by atoms with E-state index in [0.717, 1.165) is 20.7 Å². The standard InChI is InChI=1S/C32H28BrN3O4S/c1-2-40-27-16-12-25(13-17-27)34-30(37)21-41-28-18-14-26(15-19-28)35-32(39)29(20-22-8-10-24(33)11-9-22)36-31(38)23-6-4-3-5-7-23/h3-20H,2,21H2,1H3,(H,34,37)(H,35,39)(H,36,38)/b29-20-. The number of anilines is 2. The van der Waals surface area contributed by atoms with E-state index in [4.69, 9.17) is 4.74 Å². The summed E-state index contributed by atoms with van der Waals surface area (Å²) in [7, 11) is 0. The van der Waals surface area contributed by atoms with E-state index >= 15 is 0 Å². The monoisotopic (exact) mass is 629 g/mol. The van der Waals surface area contributed by atoms with Crippen molar-refractivity contribution in [2.45, 2.75) is 11.8 Å². The molecule has 0 saturated heterocycles. The lowest BCUT2D eigenvalue weighted by Crippen LogP contribution is -2.30. The highest BCUT2D eigenvalue weighted by Crippen LogP contribution is 2.22. The molecule has 0 heterocycles. The van der Waals surface area contributed by atoms with Crippen molar-refractivity contribution in [3.05, 3.63) is 124 Å². The van der Waals surface area contributed by atoms with Crippen molar-refractivity contribution in [2.24, 2.45) is 0 Å². The maximum absolute atomic E-state index is 13.2. The molecule has 3 amide bonds. The van der Waals surface area contributed by atoms with Gasteiger partial charge in [0.05, 0.1) is 12.4 Å². The van der Waals surface area contributed by atoms with Crippen LogP contribution in [0.25, 0.3) is 6.08 Å². The number of rotatable bonds is 11. The number of nitrogens with one attached hydrogen (secondary N) is 3. The van der Waals surface area contributed by atoms with Crippen LogP contribution in [0.2, 0.25) is 0 Å². The Bertz CT molecular complexity index is 1510. The molecule has 4 aromatic rings. The first-order valence-corrected chi connectivity index (χ1v) is 14.6. The number of hydrogen-bond acceptors (Lipinski definition) is 5. The second kappa shape index (κ2) is 14.9. The highest BCUT2D eigenvalue weighted by Gasteiger charge is 2.15. The van der Waals surface area contributed by atoms with Crippen molar-refractivity contribution in [3.8, 4) is 5.75 Å². The minimum absolute atomic E-state index is 0.102. The average molecular weight is 631 g/mol. The van der Waals surface area contributed by atoms with Crippen molar-refractivity contribution >= 4 is 62.9 Å². The predicted octanol–water partition coefficient (Wildman–Crippen LogP) is 6.99. The van der Waals surface area contributed by atoms with Crippen LogP contribution in [0.1, 0.15) is 22.8 Å². The molecule has 208 valence electrons. The lowest BCUT2D eigenvalue weighted by Gasteiger charge is -2.12. The zero-order chi connectivity index (χ0) is 29.0. The van der Waals surface area contributed by atoms with Crippen molar-refractivity contribution in [2.75, 3.05) is 23.0 Å². The number of halogens is 1. The van der Waals surface area contributed by atoms with Crippen LogP contribution in [0.15, 0.2) is 118 Å². The Labute approximate surface area is 251 Å². The molecular formula is C32H28BrN3O4S. The zero-order valence-electron chi connectivity index (χ0n) is 22.2. The van der Waals surface area contributed by atoms with Gasteiger partial charge in [0.15, 0.2) is 0 Å². The molecule has 0 spiro atoms. The van der Waals surface area contributed by atoms with Crippen LogP contribution < -0.4 is 20.7 Å². The quantitative estimate of drug-likeness (QED) is 0.123. The third-order valence-electron chi connectivity index (χ3n) is 5.64. The van der Waals surface area contributed by atoms with Crippen LogP contribution in [0.5, 0.6) is 5.75 Å². The topological polar surface area (TPSA) is 96.5 Å². The second-order valence-electron chi connectivity index (χ2n) is 8.70. The Balaban J connectivity index is 1.36. The van der Waals surface area contributed by atoms with Crippen LogP contribution in [0.4, 0.5) is 11.4 Å². The number of ether oxygens (including phenoxy) is 1. The fourth-order valence-electron chi connectivity index (χ4n) is 3.65. The summed E-state index contributed by atoms with van der Waals surface area (Å²) in [6.07, 6.45) is 1.62. The molecule has 4 aromatic carbocycles. The summed E-state index contributed by atoms with van der Waals surface area (Å²) in [4.78, 5) is 39.3. The second-order valence-corrected chi connectivity index (χ2v) is 10.7. The van der Waals surface area contributed by atoms with E-state index in [1.165, 1.54) is 11.8 Å². The smallest absolute Gasteiger partial charge is 0.272 e. The molecule has 0 fully saturated rings. The summed E-state index contributed by atoms with van der Waals surface area (Å²) >= 11 is 4.78. The molecule has 0 radical (unpaired) electrons. The van der Waals surface area contributed by atoms with Gasteiger partial charge in [-0.05, 0) is 91.4 Å². The van der Waals surface area contributed by atoms with Crippen LogP contribution in [0, 0.1) is 0 Å². The first kappa shape index (κ1) is 29.6. The van der Waals surface area contributed by atoms with Gasteiger partial charge in [0.25, 0.3) is 11.8 Å². The molecule has 0 aliphatic rings. The van der Waals surface area contributed by atoms with Gasteiger partial charge in [0.2, 0.25) is 5.91 Å². The summed E-state index contributed by atoms with van der Waals surface area (Å²) in [5, 5.41) is 8.44. The molecule has 3 N–H and O–H groups in total. The number of thioether (sulfide) groups is 1. The molecule has 41 heavy (non-hydrogen) atoms. The number of hydrogen-bond donors (Lipinski definition) is 3. The van der Waals surface area contributed by atoms with E-state index in [1.807, 2.05) is 61.5 Å². The summed E-state index contributed by atoms with van der Waals surface area (Å²) in [6.45, 7) is 2.50. The van der Waals surface area contributed by atoms with Gasteiger partial charge >= 0.3 is 0 Å². The molecule has 7 nitrogen and oxygen atoms in total. The number of carbonyl (C=O) groups excluding carboxylic acids is 3. The van der Waals surface area contributed by atoms with E-state index in [-0.39, 0.29) is 23.3 Å². The van der Waals surface area contributed by atoms with Gasteiger partial charge in [0, 0.05) is 26.3 Å². The summed E-state index contributed by atoms with van der Waals surface area (Å²) in [6, 6.07) is 30.5. The fraction of sp³-hybridized carbons (Fsp3) is 0.0938. The molecule has 0 bridgehead atoms. The molecule has 0 saturated carbocycles. The first-order valence-electron chi connectivity index (χ1n) is 12.8. The first-order chi connectivity index (χ1) is 19.9. The Morgan fingerprint density at radius 3 is 2.10 bits per heavy atom. The summed E-state index contributed by atoms with van der Waals surface area (Å²) < 4.78 is 6.32. The molecule has 9 heteroatoms.